The van der Waals surface area contributed by atoms with E-state index in [1.165, 1.54) is 0 Å². The van der Waals surface area contributed by atoms with E-state index < -0.39 is 13.7 Å². The number of pyridine rings is 1. The maximum atomic E-state index is 11.5. The lowest BCUT2D eigenvalue weighted by molar-refractivity contribution is 0.477. The van der Waals surface area contributed by atoms with Crippen LogP contribution in [0.25, 0.3) is 95.0 Å². The molecule has 0 amide bonds. The van der Waals surface area contributed by atoms with E-state index in [1.807, 2.05) is 108 Å². The molecule has 2 heterocycles. The van der Waals surface area contributed by atoms with E-state index in [4.69, 9.17) is 18.2 Å². The van der Waals surface area contributed by atoms with Gasteiger partial charge in [-0.2, -0.15) is 0 Å². The molecule has 10 aromatic rings. The number of aromatic nitrogens is 3. The van der Waals surface area contributed by atoms with Crippen molar-refractivity contribution in [3.8, 4) is 89.7 Å². The van der Waals surface area contributed by atoms with E-state index >= 15 is 0 Å². The SMILES string of the molecule is [2H]C([2H])([2H])c1ccc(-c2ccnc(-c3cc(-c4ccccc4)cc(-c4cccc5c4nc(-c4ccccc4O)n5-c4ccc(-c5c(-c6ccccc6)cccc5C(C)(C)C)cc4C([2H])([2H])[2H])c3)c2)cc1. The second-order valence-electron chi connectivity index (χ2n) is 17.2. The second kappa shape index (κ2) is 16.5. The molecule has 310 valence electrons. The second-order valence-corrected chi connectivity index (χ2v) is 17.2. The van der Waals surface area contributed by atoms with Crippen LogP contribution in [0.5, 0.6) is 5.75 Å². The van der Waals surface area contributed by atoms with Crippen molar-refractivity contribution in [2.45, 2.75) is 39.9 Å². The standard InChI is InChI=1S/C60H49N3O/c1-39-26-28-42(29-27-39)44-32-33-61-53(38-44)48-36-46(41-16-8-6-9-17-41)35-47(37-48)50-22-15-24-55-58(50)62-59(51-20-12-13-25-56(51)64)63(55)54-31-30-45(34-40(54)2)57-49(43-18-10-7-11-19-43)21-14-23-52(57)60(3,4)5/h6-38,64H,1-5H3/i1D3,2D3. The Hall–Kier alpha value is -7.82. The first kappa shape index (κ1) is 33.8. The first-order chi connectivity index (χ1) is 33.5. The first-order valence-electron chi connectivity index (χ1n) is 24.5. The van der Waals surface area contributed by atoms with Gasteiger partial charge in [0.1, 0.15) is 11.6 Å². The highest BCUT2D eigenvalue weighted by molar-refractivity contribution is 5.98. The number of para-hydroxylation sites is 2. The van der Waals surface area contributed by atoms with Gasteiger partial charge in [-0.25, -0.2) is 4.98 Å². The van der Waals surface area contributed by atoms with Gasteiger partial charge in [0.25, 0.3) is 0 Å². The quantitative estimate of drug-likeness (QED) is 0.166. The zero-order chi connectivity index (χ0) is 49.0. The van der Waals surface area contributed by atoms with Crippen molar-refractivity contribution in [2.24, 2.45) is 0 Å². The molecule has 0 radical (unpaired) electrons. The lowest BCUT2D eigenvalue weighted by atomic mass is 9.78. The molecule has 4 nitrogen and oxygen atoms in total. The summed E-state index contributed by atoms with van der Waals surface area (Å²) in [6.45, 7) is 1.75. The molecule has 1 N–H and O–H groups in total. The van der Waals surface area contributed by atoms with E-state index in [0.717, 1.165) is 72.5 Å². The number of aromatic hydroxyl groups is 1. The molecule has 0 bridgehead atoms. The smallest absolute Gasteiger partial charge is 0.149 e. The molecule has 64 heavy (non-hydrogen) atoms. The van der Waals surface area contributed by atoms with Gasteiger partial charge >= 0.3 is 0 Å². The lowest BCUT2D eigenvalue weighted by Crippen LogP contribution is -2.13. The molecule has 0 atom stereocenters. The van der Waals surface area contributed by atoms with Crippen LogP contribution in [0.15, 0.2) is 200 Å². The fourth-order valence-corrected chi connectivity index (χ4v) is 8.81. The van der Waals surface area contributed by atoms with Gasteiger partial charge in [-0.3, -0.25) is 9.55 Å². The Morgan fingerprint density at radius 1 is 0.500 bits per heavy atom. The van der Waals surface area contributed by atoms with Gasteiger partial charge in [-0.1, -0.05) is 160 Å². The summed E-state index contributed by atoms with van der Waals surface area (Å²) in [5, 5.41) is 11.5. The number of imidazole rings is 1. The van der Waals surface area contributed by atoms with Crippen molar-refractivity contribution >= 4 is 11.0 Å². The maximum Gasteiger partial charge on any atom is 0.149 e. The molecule has 0 spiro atoms. The van der Waals surface area contributed by atoms with Crippen molar-refractivity contribution in [3.63, 3.8) is 0 Å². The number of phenolic OH excluding ortho intramolecular Hbond substituents is 1. The van der Waals surface area contributed by atoms with Gasteiger partial charge in [-0.15, -0.1) is 0 Å². The molecule has 0 saturated heterocycles. The van der Waals surface area contributed by atoms with Gasteiger partial charge in [0.15, 0.2) is 0 Å². The van der Waals surface area contributed by atoms with Gasteiger partial charge in [0, 0.05) is 25.5 Å². The number of hydrogen-bond donors (Lipinski definition) is 1. The van der Waals surface area contributed by atoms with E-state index in [9.17, 15) is 5.11 Å². The lowest BCUT2D eigenvalue weighted by Gasteiger charge is -2.26. The van der Waals surface area contributed by atoms with Crippen molar-refractivity contribution in [2.75, 3.05) is 0 Å². The molecule has 0 fully saturated rings. The van der Waals surface area contributed by atoms with E-state index in [2.05, 4.69) is 81.4 Å². The van der Waals surface area contributed by atoms with Crippen LogP contribution in [-0.4, -0.2) is 19.6 Å². The highest BCUT2D eigenvalue weighted by Crippen LogP contribution is 2.44. The van der Waals surface area contributed by atoms with Gasteiger partial charge in [0.2, 0.25) is 0 Å². The zero-order valence-electron chi connectivity index (χ0n) is 41.8. The zero-order valence-corrected chi connectivity index (χ0v) is 35.8. The number of benzene rings is 8. The van der Waals surface area contributed by atoms with Crippen molar-refractivity contribution < 1.29 is 13.3 Å². The first-order valence-corrected chi connectivity index (χ1v) is 21.5. The number of nitrogens with zero attached hydrogens (tertiary/aromatic N) is 3. The molecular weight excluding hydrogens is 779 g/mol. The average Bonchev–Trinajstić information content (AvgIpc) is 3.75. The van der Waals surface area contributed by atoms with Gasteiger partial charge in [0.05, 0.1) is 28.0 Å². The van der Waals surface area contributed by atoms with Crippen molar-refractivity contribution in [1.29, 1.82) is 0 Å². The van der Waals surface area contributed by atoms with Crippen LogP contribution in [0, 0.1) is 13.7 Å². The molecule has 8 aromatic carbocycles. The van der Waals surface area contributed by atoms with Gasteiger partial charge in [-0.05, 0) is 141 Å². The van der Waals surface area contributed by atoms with E-state index in [1.54, 1.807) is 36.5 Å². The number of fused-ring (bicyclic) bond motifs is 1. The summed E-state index contributed by atoms with van der Waals surface area (Å²) >= 11 is 0. The highest BCUT2D eigenvalue weighted by Gasteiger charge is 2.25. The fourth-order valence-electron chi connectivity index (χ4n) is 8.81. The number of hydrogen-bond acceptors (Lipinski definition) is 3. The van der Waals surface area contributed by atoms with Crippen LogP contribution in [0.2, 0.25) is 0 Å². The van der Waals surface area contributed by atoms with Crippen LogP contribution < -0.4 is 0 Å². The van der Waals surface area contributed by atoms with Crippen LogP contribution in [-0.2, 0) is 5.41 Å². The average molecular weight is 834 g/mol. The minimum atomic E-state index is -2.56. The predicted molar refractivity (Wildman–Crippen MR) is 267 cm³/mol. The Kier molecular flexibility index (Phi) is 8.69. The van der Waals surface area contributed by atoms with Crippen LogP contribution in [0.3, 0.4) is 0 Å². The number of phenols is 1. The third-order valence-corrected chi connectivity index (χ3v) is 11.9. The Morgan fingerprint density at radius 2 is 1.16 bits per heavy atom. The highest BCUT2D eigenvalue weighted by atomic mass is 16.3. The molecule has 0 aliphatic heterocycles. The molecule has 2 aromatic heterocycles. The molecule has 0 aliphatic rings. The maximum absolute atomic E-state index is 11.5. The Labute approximate surface area is 384 Å². The summed E-state index contributed by atoms with van der Waals surface area (Å²) in [4.78, 5) is 10.2. The topological polar surface area (TPSA) is 50.9 Å². The molecule has 10 rings (SSSR count). The number of aryl methyl sites for hydroxylation is 2. The molecular formula is C60H49N3O. The van der Waals surface area contributed by atoms with Crippen LogP contribution in [0.1, 0.15) is 45.7 Å². The summed E-state index contributed by atoms with van der Waals surface area (Å²) in [7, 11) is 0. The monoisotopic (exact) mass is 833 g/mol. The Morgan fingerprint density at radius 3 is 1.91 bits per heavy atom. The largest absolute Gasteiger partial charge is 0.507 e. The predicted octanol–water partition coefficient (Wildman–Crippen LogP) is 15.7. The van der Waals surface area contributed by atoms with Gasteiger partial charge < -0.3 is 5.11 Å². The summed E-state index contributed by atoms with van der Waals surface area (Å²) < 4.78 is 52.7. The van der Waals surface area contributed by atoms with Crippen molar-refractivity contribution in [1.82, 2.24) is 14.5 Å². The summed E-state index contributed by atoms with van der Waals surface area (Å²) in [6.07, 6.45) is 1.76. The summed E-state index contributed by atoms with van der Waals surface area (Å²) in [5.41, 5.74) is 14.1. The van der Waals surface area contributed by atoms with Crippen LogP contribution in [0.4, 0.5) is 0 Å². The third kappa shape index (κ3) is 7.58. The molecule has 4 heteroatoms. The summed E-state index contributed by atoms with van der Waals surface area (Å²) in [6, 6.07) is 62.3. The summed E-state index contributed by atoms with van der Waals surface area (Å²) in [5.74, 6) is 0.392. The minimum Gasteiger partial charge on any atom is -0.507 e. The van der Waals surface area contributed by atoms with E-state index in [-0.39, 0.29) is 22.3 Å². The molecule has 0 unspecified atom stereocenters. The fraction of sp³-hybridized carbons (Fsp3) is 0.100. The molecule has 0 saturated carbocycles. The number of rotatable bonds is 8. The minimum absolute atomic E-state index is 0.00614. The third-order valence-electron chi connectivity index (χ3n) is 11.9. The Balaban J connectivity index is 1.19. The van der Waals surface area contributed by atoms with E-state index in [0.29, 0.717) is 28.1 Å². The van der Waals surface area contributed by atoms with Crippen LogP contribution >= 0.6 is 0 Å². The molecule has 0 aliphatic carbocycles. The Bertz CT molecular complexity index is 3550. The van der Waals surface area contributed by atoms with Crippen molar-refractivity contribution in [3.05, 3.63) is 217 Å². The normalized spacial score (nSPS) is 13.4.